The quantitative estimate of drug-likeness (QED) is 0.390. The van der Waals surface area contributed by atoms with Crippen LogP contribution in [0.3, 0.4) is 0 Å². The molecular formula is C29H34ClN3O4. The normalized spacial score (nSPS) is 14.5. The van der Waals surface area contributed by atoms with Gasteiger partial charge in [-0.1, -0.05) is 17.7 Å². The smallest absolute Gasteiger partial charge is 0.407 e. The number of carbonyl (C=O) groups is 1. The Morgan fingerprint density at radius 1 is 1.16 bits per heavy atom. The van der Waals surface area contributed by atoms with Crippen molar-refractivity contribution in [3.05, 3.63) is 58.0 Å². The van der Waals surface area contributed by atoms with E-state index in [0.29, 0.717) is 19.8 Å². The van der Waals surface area contributed by atoms with Crippen LogP contribution in [0.4, 0.5) is 4.79 Å². The topological polar surface area (TPSA) is 85.5 Å². The minimum Gasteiger partial charge on any atom is -0.488 e. The molecule has 1 aliphatic carbocycles. The number of amides is 1. The Hall–Kier alpha value is -3.03. The highest BCUT2D eigenvalue weighted by Gasteiger charge is 2.26. The van der Waals surface area contributed by atoms with Crippen LogP contribution < -0.4 is 10.1 Å². The Kier molecular flexibility index (Phi) is 7.19. The Balaban J connectivity index is 1.30. The van der Waals surface area contributed by atoms with E-state index in [-0.39, 0.29) is 5.92 Å². The van der Waals surface area contributed by atoms with Gasteiger partial charge in [0, 0.05) is 47.8 Å². The summed E-state index contributed by atoms with van der Waals surface area (Å²) in [5.74, 6) is 2.00. The van der Waals surface area contributed by atoms with Crippen LogP contribution in [0.15, 0.2) is 30.3 Å². The predicted octanol–water partition coefficient (Wildman–Crippen LogP) is 6.11. The largest absolute Gasteiger partial charge is 0.488 e. The van der Waals surface area contributed by atoms with Crippen LogP contribution >= 0.6 is 11.6 Å². The number of methoxy groups -OCH3 is 1. The highest BCUT2D eigenvalue weighted by atomic mass is 35.5. The van der Waals surface area contributed by atoms with E-state index in [0.717, 1.165) is 64.7 Å². The molecule has 1 amide bonds. The number of hydrogen-bond acceptors (Lipinski definition) is 5. The molecule has 0 radical (unpaired) electrons. The summed E-state index contributed by atoms with van der Waals surface area (Å²) in [4.78, 5) is 20.6. The van der Waals surface area contributed by atoms with Crippen LogP contribution in [-0.2, 0) is 35.3 Å². The van der Waals surface area contributed by atoms with Crippen molar-refractivity contribution in [1.82, 2.24) is 15.3 Å². The average molecular weight is 524 g/mol. The van der Waals surface area contributed by atoms with Gasteiger partial charge >= 0.3 is 6.09 Å². The van der Waals surface area contributed by atoms with E-state index in [2.05, 4.69) is 28.5 Å². The first-order valence-electron chi connectivity index (χ1n) is 12.8. The summed E-state index contributed by atoms with van der Waals surface area (Å²) in [5.41, 5.74) is 7.51. The van der Waals surface area contributed by atoms with Gasteiger partial charge in [-0.2, -0.15) is 0 Å². The third kappa shape index (κ3) is 5.78. The summed E-state index contributed by atoms with van der Waals surface area (Å²) in [6.45, 7) is 7.11. The van der Waals surface area contributed by atoms with E-state index in [9.17, 15) is 4.79 Å². The molecule has 5 rings (SSSR count). The monoisotopic (exact) mass is 523 g/mol. The van der Waals surface area contributed by atoms with Gasteiger partial charge in [-0.15, -0.1) is 0 Å². The molecule has 8 heteroatoms. The van der Waals surface area contributed by atoms with Gasteiger partial charge in [-0.05, 0) is 81.0 Å². The molecule has 1 aromatic heterocycles. The average Bonchev–Trinajstić information content (AvgIpc) is 3.27. The van der Waals surface area contributed by atoms with Crippen molar-refractivity contribution in [2.45, 2.75) is 58.7 Å². The molecule has 196 valence electrons. The van der Waals surface area contributed by atoms with Crippen LogP contribution in [-0.4, -0.2) is 41.9 Å². The maximum absolute atomic E-state index is 12.1. The fraction of sp³-hybridized carbons (Fsp3) is 0.448. The fourth-order valence-corrected chi connectivity index (χ4v) is 5.28. The Morgan fingerprint density at radius 3 is 2.78 bits per heavy atom. The molecule has 7 nitrogen and oxygen atoms in total. The van der Waals surface area contributed by atoms with Crippen LogP contribution in [0, 0.1) is 5.92 Å². The minimum atomic E-state index is -0.522. The fourth-order valence-electron chi connectivity index (χ4n) is 5.09. The maximum Gasteiger partial charge on any atom is 0.407 e. The third-order valence-corrected chi connectivity index (χ3v) is 7.03. The molecule has 1 aliphatic heterocycles. The van der Waals surface area contributed by atoms with Gasteiger partial charge in [0.1, 0.15) is 23.8 Å². The van der Waals surface area contributed by atoms with Crippen molar-refractivity contribution in [2.75, 3.05) is 20.3 Å². The van der Waals surface area contributed by atoms with Crippen LogP contribution in [0.5, 0.6) is 5.75 Å². The van der Waals surface area contributed by atoms with Crippen LogP contribution in [0.1, 0.15) is 49.8 Å². The summed E-state index contributed by atoms with van der Waals surface area (Å²) >= 11 is 6.20. The molecule has 2 aliphatic rings. The standard InChI is InChI=1S/C29H34ClN3O4/c1-29(2,3)37-28(34)31-14-17(15-35-4)5-10-26-32-24-9-6-18-12-23-21-8-7-20(30)11-19(21)16-36-25(23)13-22(18)27(24)33-26/h7-8,11-13,17H,5-6,9-10,14-16H2,1-4H3,(H,31,34)(H,32,33). The van der Waals surface area contributed by atoms with Crippen molar-refractivity contribution < 1.29 is 19.0 Å². The lowest BCUT2D eigenvalue weighted by Gasteiger charge is -2.24. The summed E-state index contributed by atoms with van der Waals surface area (Å²) < 4.78 is 16.9. The molecule has 2 heterocycles. The minimum absolute atomic E-state index is 0.154. The maximum atomic E-state index is 12.1. The van der Waals surface area contributed by atoms with E-state index in [1.54, 1.807) is 7.11 Å². The Bertz CT molecular complexity index is 1310. The third-order valence-electron chi connectivity index (χ3n) is 6.80. The number of H-pyrrole nitrogens is 1. The summed E-state index contributed by atoms with van der Waals surface area (Å²) in [5, 5.41) is 3.60. The molecule has 2 aromatic carbocycles. The van der Waals surface area contributed by atoms with Gasteiger partial charge in [0.05, 0.1) is 12.3 Å². The lowest BCUT2D eigenvalue weighted by atomic mass is 9.87. The van der Waals surface area contributed by atoms with E-state index >= 15 is 0 Å². The Morgan fingerprint density at radius 2 is 2.00 bits per heavy atom. The number of nitrogens with one attached hydrogen (secondary N) is 2. The SMILES string of the molecule is COCC(CCc1nc2c([nH]1)CCc1cc3c(cc1-2)OCc1cc(Cl)ccc1-3)CNC(=O)OC(C)(C)C. The number of carbonyl (C=O) groups excluding carboxylic acids is 1. The van der Waals surface area contributed by atoms with Crippen LogP contribution in [0.2, 0.25) is 5.02 Å². The van der Waals surface area contributed by atoms with Gasteiger partial charge in [0.25, 0.3) is 0 Å². The molecule has 1 atom stereocenters. The number of ether oxygens (including phenoxy) is 3. The Labute approximate surface area is 222 Å². The molecule has 0 saturated heterocycles. The van der Waals surface area contributed by atoms with Crippen molar-refractivity contribution >= 4 is 17.7 Å². The first-order valence-corrected chi connectivity index (χ1v) is 13.2. The van der Waals surface area contributed by atoms with Gasteiger partial charge in [0.15, 0.2) is 0 Å². The number of aryl methyl sites for hydroxylation is 3. The van der Waals surface area contributed by atoms with Crippen molar-refractivity contribution in [3.63, 3.8) is 0 Å². The molecule has 3 aromatic rings. The first kappa shape index (κ1) is 25.6. The second-order valence-electron chi connectivity index (χ2n) is 10.8. The molecule has 2 N–H and O–H groups in total. The summed E-state index contributed by atoms with van der Waals surface area (Å²) in [6.07, 6.45) is 3.06. The number of halogens is 1. The van der Waals surface area contributed by atoms with E-state index in [1.165, 1.54) is 16.8 Å². The van der Waals surface area contributed by atoms with E-state index in [4.69, 9.17) is 30.8 Å². The number of aromatic amines is 1. The number of fused-ring (bicyclic) bond motifs is 6. The molecule has 1 unspecified atom stereocenters. The number of rotatable bonds is 7. The molecular weight excluding hydrogens is 490 g/mol. The second-order valence-corrected chi connectivity index (χ2v) is 11.3. The number of aromatic nitrogens is 2. The number of hydrogen-bond donors (Lipinski definition) is 2. The van der Waals surface area contributed by atoms with E-state index < -0.39 is 11.7 Å². The molecule has 37 heavy (non-hydrogen) atoms. The molecule has 0 fully saturated rings. The summed E-state index contributed by atoms with van der Waals surface area (Å²) in [7, 11) is 1.68. The summed E-state index contributed by atoms with van der Waals surface area (Å²) in [6, 6.07) is 10.4. The molecule has 0 spiro atoms. The van der Waals surface area contributed by atoms with Crippen molar-refractivity contribution in [2.24, 2.45) is 5.92 Å². The predicted molar refractivity (Wildman–Crippen MR) is 144 cm³/mol. The first-order chi connectivity index (χ1) is 17.7. The number of nitrogens with zero attached hydrogens (tertiary/aromatic N) is 1. The van der Waals surface area contributed by atoms with Crippen LogP contribution in [0.25, 0.3) is 22.4 Å². The zero-order chi connectivity index (χ0) is 26.2. The van der Waals surface area contributed by atoms with Gasteiger partial charge in [0.2, 0.25) is 0 Å². The van der Waals surface area contributed by atoms with Gasteiger partial charge in [-0.25, -0.2) is 9.78 Å². The second kappa shape index (κ2) is 10.4. The highest BCUT2D eigenvalue weighted by Crippen LogP contribution is 2.44. The van der Waals surface area contributed by atoms with Gasteiger partial charge in [-0.3, -0.25) is 0 Å². The van der Waals surface area contributed by atoms with Crippen molar-refractivity contribution in [3.8, 4) is 28.1 Å². The molecule has 0 saturated carbocycles. The lowest BCUT2D eigenvalue weighted by Crippen LogP contribution is -2.36. The highest BCUT2D eigenvalue weighted by molar-refractivity contribution is 6.30. The lowest BCUT2D eigenvalue weighted by molar-refractivity contribution is 0.0504. The number of benzene rings is 2. The molecule has 0 bridgehead atoms. The zero-order valence-electron chi connectivity index (χ0n) is 21.9. The number of imidazole rings is 1. The van der Waals surface area contributed by atoms with Crippen molar-refractivity contribution in [1.29, 1.82) is 0 Å². The zero-order valence-corrected chi connectivity index (χ0v) is 22.6. The van der Waals surface area contributed by atoms with Gasteiger partial charge < -0.3 is 24.5 Å². The number of alkyl carbamates (subject to hydrolysis) is 1. The van der Waals surface area contributed by atoms with E-state index in [1.807, 2.05) is 32.9 Å².